The summed E-state index contributed by atoms with van der Waals surface area (Å²) in [5.74, 6) is -5.13. The highest BCUT2D eigenvalue weighted by Crippen LogP contribution is 2.06. The molecule has 0 bridgehead atoms. The summed E-state index contributed by atoms with van der Waals surface area (Å²) in [6, 6.07) is -5.15. The molecule has 0 heterocycles. The van der Waals surface area contributed by atoms with Crippen molar-refractivity contribution in [1.82, 2.24) is 16.0 Å². The largest absolute Gasteiger partial charge is 0.481 e. The standard InChI is InChI=1S/C17H30N4O8/c1-7(2)5-11(20-15(26)10(18)6-12(23)24)16(27)19-8(3)14(25)21-13(9(4)22)17(28)29/h7-11,13,22H,5-6,18H2,1-4H3,(H,19,27)(H,20,26)(H,21,25)(H,23,24)(H,28,29). The van der Waals surface area contributed by atoms with Crippen LogP contribution in [0, 0.1) is 5.92 Å². The lowest BCUT2D eigenvalue weighted by atomic mass is 10.0. The zero-order valence-electron chi connectivity index (χ0n) is 16.8. The quantitative estimate of drug-likeness (QED) is 0.183. The van der Waals surface area contributed by atoms with Gasteiger partial charge in [0.2, 0.25) is 17.7 Å². The number of amides is 3. The maximum Gasteiger partial charge on any atom is 0.328 e. The summed E-state index contributed by atoms with van der Waals surface area (Å²) in [6.45, 7) is 6.08. The lowest BCUT2D eigenvalue weighted by Gasteiger charge is -2.24. The van der Waals surface area contributed by atoms with E-state index in [1.807, 2.05) is 0 Å². The Labute approximate surface area is 168 Å². The second-order valence-electron chi connectivity index (χ2n) is 7.19. The van der Waals surface area contributed by atoms with Gasteiger partial charge in [-0.25, -0.2) is 4.79 Å². The first-order valence-corrected chi connectivity index (χ1v) is 9.05. The molecule has 5 unspecified atom stereocenters. The number of aliphatic carboxylic acids is 2. The van der Waals surface area contributed by atoms with Gasteiger partial charge in [0.15, 0.2) is 6.04 Å². The molecule has 0 saturated heterocycles. The molecule has 0 aromatic heterocycles. The molecule has 0 radical (unpaired) electrons. The maximum absolute atomic E-state index is 12.5. The van der Waals surface area contributed by atoms with Crippen LogP contribution in [0.4, 0.5) is 0 Å². The molecule has 0 aliphatic heterocycles. The number of hydrogen-bond donors (Lipinski definition) is 7. The van der Waals surface area contributed by atoms with E-state index in [1.165, 1.54) is 13.8 Å². The summed E-state index contributed by atoms with van der Waals surface area (Å²) in [5, 5.41) is 33.9. The van der Waals surface area contributed by atoms with E-state index in [2.05, 4.69) is 16.0 Å². The average Bonchev–Trinajstić information content (AvgIpc) is 2.56. The number of nitrogens with two attached hydrogens (primary N) is 1. The van der Waals surface area contributed by atoms with Crippen molar-refractivity contribution in [1.29, 1.82) is 0 Å². The topological polar surface area (TPSA) is 208 Å². The van der Waals surface area contributed by atoms with Crippen LogP contribution < -0.4 is 21.7 Å². The van der Waals surface area contributed by atoms with Crippen molar-refractivity contribution in [2.24, 2.45) is 11.7 Å². The predicted octanol–water partition coefficient (Wildman–Crippen LogP) is -2.23. The third kappa shape index (κ3) is 9.85. The first-order chi connectivity index (χ1) is 13.3. The molecule has 8 N–H and O–H groups in total. The van der Waals surface area contributed by atoms with Gasteiger partial charge in [0, 0.05) is 0 Å². The van der Waals surface area contributed by atoms with Gasteiger partial charge in [-0.05, 0) is 26.2 Å². The van der Waals surface area contributed by atoms with E-state index < -0.39 is 66.4 Å². The van der Waals surface area contributed by atoms with E-state index >= 15 is 0 Å². The van der Waals surface area contributed by atoms with E-state index in [0.717, 1.165) is 0 Å². The predicted molar refractivity (Wildman–Crippen MR) is 100 cm³/mol. The number of rotatable bonds is 12. The molecule has 166 valence electrons. The minimum absolute atomic E-state index is 0.0301. The van der Waals surface area contributed by atoms with Crippen LogP contribution in [0.25, 0.3) is 0 Å². The lowest BCUT2D eigenvalue weighted by molar-refractivity contribution is -0.145. The normalized spacial score (nSPS) is 16.1. The van der Waals surface area contributed by atoms with Gasteiger partial charge in [-0.3, -0.25) is 19.2 Å². The fourth-order valence-electron chi connectivity index (χ4n) is 2.31. The van der Waals surface area contributed by atoms with Gasteiger partial charge < -0.3 is 37.0 Å². The Morgan fingerprint density at radius 3 is 1.83 bits per heavy atom. The third-order valence-corrected chi connectivity index (χ3v) is 3.87. The Balaban J connectivity index is 5.08. The molecular formula is C17H30N4O8. The number of carboxylic acid groups (broad SMARTS) is 2. The van der Waals surface area contributed by atoms with Crippen molar-refractivity contribution in [3.63, 3.8) is 0 Å². The van der Waals surface area contributed by atoms with Crippen molar-refractivity contribution in [2.45, 2.75) is 70.8 Å². The molecule has 0 aromatic rings. The summed E-state index contributed by atoms with van der Waals surface area (Å²) in [5.41, 5.74) is 5.49. The highest BCUT2D eigenvalue weighted by Gasteiger charge is 2.30. The fraction of sp³-hybridized carbons (Fsp3) is 0.706. The van der Waals surface area contributed by atoms with Crippen LogP contribution in [-0.4, -0.2) is 75.3 Å². The molecule has 0 aliphatic rings. The molecule has 0 spiro atoms. The van der Waals surface area contributed by atoms with Gasteiger partial charge in [0.25, 0.3) is 0 Å². The van der Waals surface area contributed by atoms with E-state index in [-0.39, 0.29) is 12.3 Å². The van der Waals surface area contributed by atoms with Crippen molar-refractivity contribution < 1.29 is 39.3 Å². The monoisotopic (exact) mass is 418 g/mol. The summed E-state index contributed by atoms with van der Waals surface area (Å²) in [4.78, 5) is 58.4. The number of aliphatic hydroxyl groups is 1. The Bertz CT molecular complexity index is 623. The molecule has 0 saturated carbocycles. The summed E-state index contributed by atoms with van der Waals surface area (Å²) < 4.78 is 0. The number of nitrogens with one attached hydrogen (secondary N) is 3. The van der Waals surface area contributed by atoms with Crippen molar-refractivity contribution in [3.8, 4) is 0 Å². The van der Waals surface area contributed by atoms with Crippen molar-refractivity contribution in [2.75, 3.05) is 0 Å². The molecule has 3 amide bonds. The zero-order chi connectivity index (χ0) is 22.9. The molecule has 0 aromatic carbocycles. The van der Waals surface area contributed by atoms with E-state index in [4.69, 9.17) is 15.9 Å². The number of hydrogen-bond acceptors (Lipinski definition) is 7. The number of aliphatic hydroxyl groups excluding tert-OH is 1. The van der Waals surface area contributed by atoms with Crippen LogP contribution in [0.1, 0.15) is 40.5 Å². The summed E-state index contributed by atoms with van der Waals surface area (Å²) in [6.07, 6.45) is -1.78. The van der Waals surface area contributed by atoms with Crippen molar-refractivity contribution >= 4 is 29.7 Å². The third-order valence-electron chi connectivity index (χ3n) is 3.87. The second-order valence-corrected chi connectivity index (χ2v) is 7.19. The van der Waals surface area contributed by atoms with Crippen LogP contribution in [0.15, 0.2) is 0 Å². The number of carboxylic acids is 2. The average molecular weight is 418 g/mol. The van der Waals surface area contributed by atoms with Crippen LogP contribution in [0.3, 0.4) is 0 Å². The number of carbonyl (C=O) groups is 5. The van der Waals surface area contributed by atoms with Crippen LogP contribution in [-0.2, 0) is 24.0 Å². The maximum atomic E-state index is 12.5. The van der Waals surface area contributed by atoms with Crippen LogP contribution in [0.5, 0.6) is 0 Å². The first kappa shape index (κ1) is 26.3. The molecule has 12 nitrogen and oxygen atoms in total. The molecule has 5 atom stereocenters. The Kier molecular flexibility index (Phi) is 10.8. The number of carbonyl (C=O) groups excluding carboxylic acids is 3. The lowest BCUT2D eigenvalue weighted by Crippen LogP contribution is -2.57. The van der Waals surface area contributed by atoms with Gasteiger partial charge in [-0.2, -0.15) is 0 Å². The Morgan fingerprint density at radius 1 is 0.862 bits per heavy atom. The molecule has 0 rings (SSSR count). The van der Waals surface area contributed by atoms with Gasteiger partial charge in [-0.15, -0.1) is 0 Å². The van der Waals surface area contributed by atoms with E-state index in [1.54, 1.807) is 13.8 Å². The molecule has 12 heteroatoms. The van der Waals surface area contributed by atoms with Gasteiger partial charge in [0.1, 0.15) is 12.1 Å². The minimum Gasteiger partial charge on any atom is -0.481 e. The SMILES string of the molecule is CC(C)CC(NC(=O)C(N)CC(=O)O)C(=O)NC(C)C(=O)NC(C(=O)O)C(C)O. The summed E-state index contributed by atoms with van der Waals surface area (Å²) in [7, 11) is 0. The van der Waals surface area contributed by atoms with Gasteiger partial charge in [-0.1, -0.05) is 13.8 Å². The highest BCUT2D eigenvalue weighted by atomic mass is 16.4. The fourth-order valence-corrected chi connectivity index (χ4v) is 2.31. The van der Waals surface area contributed by atoms with Crippen LogP contribution >= 0.6 is 0 Å². The molecule has 0 fully saturated rings. The van der Waals surface area contributed by atoms with Gasteiger partial charge >= 0.3 is 11.9 Å². The van der Waals surface area contributed by atoms with Crippen molar-refractivity contribution in [3.05, 3.63) is 0 Å². The highest BCUT2D eigenvalue weighted by molar-refractivity contribution is 5.94. The minimum atomic E-state index is -1.55. The first-order valence-electron chi connectivity index (χ1n) is 9.05. The molecule has 29 heavy (non-hydrogen) atoms. The molecule has 0 aliphatic carbocycles. The Morgan fingerprint density at radius 2 is 1.41 bits per heavy atom. The molecular weight excluding hydrogens is 388 g/mol. The Hall–Kier alpha value is -2.73. The smallest absolute Gasteiger partial charge is 0.328 e. The van der Waals surface area contributed by atoms with E-state index in [0.29, 0.717) is 0 Å². The second kappa shape index (κ2) is 12.0. The van der Waals surface area contributed by atoms with Crippen LogP contribution in [0.2, 0.25) is 0 Å². The van der Waals surface area contributed by atoms with Gasteiger partial charge in [0.05, 0.1) is 18.6 Å². The summed E-state index contributed by atoms with van der Waals surface area (Å²) >= 11 is 0. The van der Waals surface area contributed by atoms with E-state index in [9.17, 15) is 29.1 Å². The zero-order valence-corrected chi connectivity index (χ0v) is 16.8.